The number of aliphatic hydroxyl groups excluding tert-OH is 6. The molecule has 8 heterocycles. The van der Waals surface area contributed by atoms with Crippen LogP contribution in [0, 0.1) is 5.92 Å². The number of likely N-dealkylation sites (N-methyl/N-ethyl adjacent to an activating group) is 1. The smallest absolute Gasteiger partial charge is 0.340 e. The molecular formula is C99H115Cl3N10O34P2. The molecule has 8 aliphatic rings. The number of benzene rings is 8. The first-order valence-electron chi connectivity index (χ1n) is 47.0. The minimum atomic E-state index is -5.22. The molecule has 0 radical (unpaired) electrons. The van der Waals surface area contributed by atoms with Crippen LogP contribution in [-0.4, -0.2) is 264 Å². The maximum absolute atomic E-state index is 16.8. The van der Waals surface area contributed by atoms with Gasteiger partial charge in [-0.25, -0.2) is 4.79 Å². The van der Waals surface area contributed by atoms with Crippen LogP contribution < -0.4 is 67.6 Å². The number of Topliss-reactive ketones (excluding diaryl/α,β-unsaturated/α-hetero) is 1. The molecule has 16 rings (SSSR count). The molecule has 0 saturated carbocycles. The second-order valence-electron chi connectivity index (χ2n) is 38.1. The molecule has 8 aliphatic heterocycles. The third-order valence-corrected chi connectivity index (χ3v) is 31.5. The highest BCUT2D eigenvalue weighted by Gasteiger charge is 2.55. The number of carboxylic acid groups (broad SMARTS) is 1. The van der Waals surface area contributed by atoms with Gasteiger partial charge in [0.2, 0.25) is 53.4 Å². The lowest BCUT2D eigenvalue weighted by Gasteiger charge is -2.52. The number of ketones is 1. The number of nitrogens with zero attached hydrogens (tertiary/aromatic N) is 1. The predicted molar refractivity (Wildman–Crippen MR) is 527 cm³/mol. The van der Waals surface area contributed by atoms with Crippen molar-refractivity contribution < 1.29 is 166 Å². The molecule has 0 aromatic heterocycles. The third-order valence-electron chi connectivity index (χ3n) is 26.7. The van der Waals surface area contributed by atoms with Crippen molar-refractivity contribution >= 4 is 103 Å². The first-order valence-corrected chi connectivity index (χ1v) is 51.5. The number of amides is 7. The predicted octanol–water partition coefficient (Wildman–Crippen LogP) is 6.32. The number of phenolic OH excluding ortho intramolecular Hbond substituents is 3. The Bertz CT molecular complexity index is 6370. The van der Waals surface area contributed by atoms with E-state index >= 15 is 24.0 Å². The molecule has 0 spiro atoms. The van der Waals surface area contributed by atoms with Crippen molar-refractivity contribution in [3.05, 3.63) is 206 Å². The van der Waals surface area contributed by atoms with Crippen molar-refractivity contribution in [3.8, 4) is 74.0 Å². The Hall–Kier alpha value is -11.6. The number of carbonyl (C=O) groups excluding carboxylic acids is 8. The van der Waals surface area contributed by atoms with Gasteiger partial charge in [-0.1, -0.05) is 103 Å². The molecule has 8 aromatic carbocycles. The molecule has 25 N–H and O–H groups in total. The number of nitrogens with two attached hydrogens (primary N) is 2. The van der Waals surface area contributed by atoms with Crippen molar-refractivity contribution in [2.75, 3.05) is 26.8 Å². The average Bonchev–Trinajstić information content (AvgIpc) is 0.763. The molecule has 3 fully saturated rings. The largest absolute Gasteiger partial charge is 0.508 e. The summed E-state index contributed by atoms with van der Waals surface area (Å²) >= 11 is 21.1. The Balaban J connectivity index is 0.929. The topological polar surface area (TPSA) is 694 Å². The zero-order chi connectivity index (χ0) is 108. The summed E-state index contributed by atoms with van der Waals surface area (Å²) < 4.78 is 83.3. The summed E-state index contributed by atoms with van der Waals surface area (Å²) in [5, 5.41) is 134. The van der Waals surface area contributed by atoms with E-state index in [0.29, 0.717) is 10.6 Å². The Morgan fingerprint density at radius 1 is 0.635 bits per heavy atom. The lowest BCUT2D eigenvalue weighted by molar-refractivity contribution is -0.339. The van der Waals surface area contributed by atoms with Crippen LogP contribution >= 0.6 is 50.0 Å². The van der Waals surface area contributed by atoms with E-state index in [0.717, 1.165) is 77.9 Å². The van der Waals surface area contributed by atoms with Crippen molar-refractivity contribution in [2.45, 2.75) is 232 Å². The lowest BCUT2D eigenvalue weighted by Crippen LogP contribution is -2.66. The summed E-state index contributed by atoms with van der Waals surface area (Å²) in [6.07, 6.45) is -25.9. The number of aliphatic hydroxyl groups is 6. The number of hydrogen-bond acceptors (Lipinski definition) is 32. The molecular weight excluding hydrogens is 2040 g/mol. The van der Waals surface area contributed by atoms with Gasteiger partial charge < -0.3 is 162 Å². The third kappa shape index (κ3) is 25.6. The quantitative estimate of drug-likeness (QED) is 0.0133. The highest BCUT2D eigenvalue weighted by Crippen LogP contribution is 2.62. The van der Waals surface area contributed by atoms with Gasteiger partial charge in [-0.3, -0.25) is 52.4 Å². The Kier molecular flexibility index (Phi) is 35.2. The van der Waals surface area contributed by atoms with E-state index < -0.39 is 323 Å². The Morgan fingerprint density at radius 2 is 1.22 bits per heavy atom. The molecule has 22 atom stereocenters. The number of phenols is 3. The second kappa shape index (κ2) is 46.5. The van der Waals surface area contributed by atoms with E-state index in [9.17, 15) is 98.9 Å². The maximum atomic E-state index is 16.8. The molecule has 3 saturated heterocycles. The van der Waals surface area contributed by atoms with Crippen molar-refractivity contribution in [1.29, 1.82) is 0 Å². The fourth-order valence-electron chi connectivity index (χ4n) is 18.8. The molecule has 0 aliphatic carbocycles. The van der Waals surface area contributed by atoms with Crippen LogP contribution in [0.5, 0.6) is 51.7 Å². The van der Waals surface area contributed by atoms with Crippen LogP contribution in [-0.2, 0) is 77.7 Å². The highest BCUT2D eigenvalue weighted by molar-refractivity contribution is 7.70. The normalized spacial score (nSPS) is 27.2. The number of halogens is 3. The second-order valence-corrected chi connectivity index (χ2v) is 43.3. The number of nitrogens with one attached hydrogen (secondary N) is 7. The van der Waals surface area contributed by atoms with Crippen LogP contribution in [0.3, 0.4) is 0 Å². The summed E-state index contributed by atoms with van der Waals surface area (Å²) in [6.45, 7) is 8.20. The molecule has 11 bridgehead atoms. The number of carboxylic acids is 1. The van der Waals surface area contributed by atoms with Crippen LogP contribution in [0.4, 0.5) is 0 Å². The van der Waals surface area contributed by atoms with Gasteiger partial charge in [-0.05, 0) is 190 Å². The lowest BCUT2D eigenvalue weighted by atomic mass is 9.82. The first-order chi connectivity index (χ1) is 69.8. The van der Waals surface area contributed by atoms with Gasteiger partial charge in [0.1, 0.15) is 95.2 Å². The van der Waals surface area contributed by atoms with E-state index in [1.165, 1.54) is 64.2 Å². The van der Waals surface area contributed by atoms with Gasteiger partial charge in [0.25, 0.3) is 0 Å². The summed E-state index contributed by atoms with van der Waals surface area (Å²) in [6, 6.07) is 19.0. The molecule has 49 heteroatoms. The Morgan fingerprint density at radius 3 is 1.82 bits per heavy atom. The minimum absolute atomic E-state index is 0.0104. The monoisotopic (exact) mass is 2150 g/mol. The zero-order valence-corrected chi connectivity index (χ0v) is 84.5. The maximum Gasteiger partial charge on any atom is 0.340 e. The van der Waals surface area contributed by atoms with Gasteiger partial charge in [0.15, 0.2) is 47.4 Å². The standard InChI is InChI=1S/C99H115Cl3N10O34P2/c1-44(2)31-62(105-7)90(124)110-80-82(119)52-19-26-67(60(101)33-52)141-69-35-54-36-70(86(69)146-97-87(84(121)83(120)71(43-113)143-97)145-74-41-99(6,89(123)46(4)140-74)112(42-47-10-12-48(13-11-47)49-14-21-55(100)22-15-49)29-28-64(115)50-16-23-57(24-17-50)138-30-8-9-75(147(132,133)134)148(135,136)137)142-68-27-20-53(34-61(68)102)85(144-73-40-98(5,104)88(122)45(3)139-73)81-95(129)109-79(96(130)131)59-37-56(114)38-66(117)76(59)58-32-51(18-25-65(58)116)77(92(126)111-81)108-93(127)78(54)107-91(125)63(39-72(103)118)106-94(80)128/h10-27,32-38,44-46,62-63,71,73-75,77-85,87-89,97,105,113-114,116-117,119-123H,8-9,28-31,39-43,104H2,1-7H3,(H2,103,118)(H,106,128)(H,107,125)(H,108,127)(H,109,129)(H,110,124)(H,111,126)(H,130,131)(H2,132,133,134)(H2,135,136,137)/t45-,46-,62+,63-,71+,73-,74-,77+,78+,79-,80+,81-,82+,83+,84-,85+,87+,88-,89-,97-,98-,99-/m0/s1. The number of ether oxygens (including phenoxy) is 9. The van der Waals surface area contributed by atoms with E-state index in [1.807, 2.05) is 41.3 Å². The van der Waals surface area contributed by atoms with Crippen molar-refractivity contribution in [2.24, 2.45) is 17.4 Å². The van der Waals surface area contributed by atoms with Gasteiger partial charge in [-0.2, -0.15) is 0 Å². The van der Waals surface area contributed by atoms with Gasteiger partial charge in [-0.15, -0.1) is 0 Å². The molecule has 148 heavy (non-hydrogen) atoms. The molecule has 44 nitrogen and oxygen atoms in total. The number of aliphatic carboxylic acids is 1. The SMILES string of the molecule is CN[C@H](CC(C)C)C(=O)N[C@H]1C(=O)N[C@@H](CC(N)=O)C(=O)N[C@H]2C(=O)N[C@H]3C(=O)N[C@H](C(=O)N[C@H](C(=O)O)c4cc(O)cc(O)c4-c4cc3ccc4O)[C@H](O[C@H]3C[C@](C)(N)[C@@H](O)[C@H](C)O3)c3ccc(c(Cl)c3)Oc3cc2cc(c3O[C@@H]2O[C@H](CO)[C@@H](O)[C@H](O)[C@H]2O[C@H]2C[C@](C)(N(CCC(=O)c3ccc(OCCCC(P(=O)(O)O)P(=O)(O)O)cc3)Cc3ccc(-c4ccc(Cl)cc4)cc3)[C@@H](O)[C@H](C)O2)Oc2ccc(cc2Cl)[C@H]1O. The zero-order valence-electron chi connectivity index (χ0n) is 80.5. The van der Waals surface area contributed by atoms with Crippen LogP contribution in [0.1, 0.15) is 161 Å². The average molecular weight is 2160 g/mol. The molecule has 0 unspecified atom stereocenters. The number of fused-ring (bicyclic) bond motifs is 15. The fraction of sp³-hybridized carbons (Fsp3) is 0.424. The van der Waals surface area contributed by atoms with E-state index in [4.69, 9.17) is 88.9 Å². The van der Waals surface area contributed by atoms with E-state index in [1.54, 1.807) is 32.9 Å². The minimum Gasteiger partial charge on any atom is -0.508 e. The number of hydrogen-bond donors (Lipinski definition) is 23. The fourth-order valence-corrected chi connectivity index (χ4v) is 22.0. The van der Waals surface area contributed by atoms with E-state index in [-0.39, 0.29) is 67.3 Å². The number of rotatable bonds is 30. The summed E-state index contributed by atoms with van der Waals surface area (Å²) in [5.41, 5.74) is 8.82. The van der Waals surface area contributed by atoms with Crippen LogP contribution in [0.15, 0.2) is 152 Å². The Labute approximate surface area is 861 Å². The molecule has 7 amide bonds. The van der Waals surface area contributed by atoms with Gasteiger partial charge in [0, 0.05) is 71.2 Å². The summed E-state index contributed by atoms with van der Waals surface area (Å²) in [5.74, 6) is -17.2. The van der Waals surface area contributed by atoms with Crippen LogP contribution in [0.2, 0.25) is 15.1 Å². The van der Waals surface area contributed by atoms with Gasteiger partial charge >= 0.3 is 21.2 Å². The summed E-state index contributed by atoms with van der Waals surface area (Å²) in [4.78, 5) is 177. The number of aromatic hydroxyl groups is 3. The van der Waals surface area contributed by atoms with E-state index in [2.05, 4.69) is 37.2 Å². The number of primary amides is 1. The first kappa shape index (κ1) is 112. The van der Waals surface area contributed by atoms with Crippen molar-refractivity contribution in [1.82, 2.24) is 42.1 Å². The highest BCUT2D eigenvalue weighted by atomic mass is 35.5. The summed E-state index contributed by atoms with van der Waals surface area (Å²) in [7, 11) is -8.99. The van der Waals surface area contributed by atoms with Gasteiger partial charge in [0.05, 0.1) is 65.7 Å². The molecule has 796 valence electrons. The molecule has 8 aromatic rings. The van der Waals surface area contributed by atoms with Crippen molar-refractivity contribution in [3.63, 3.8) is 0 Å². The van der Waals surface area contributed by atoms with Crippen LogP contribution in [0.25, 0.3) is 22.3 Å². The number of carbonyl (C=O) groups is 9.